The highest BCUT2D eigenvalue weighted by Crippen LogP contribution is 2.28. The Balaban J connectivity index is 1.67. The van der Waals surface area contributed by atoms with Crippen LogP contribution in [0, 0.1) is 6.92 Å². The van der Waals surface area contributed by atoms with Gasteiger partial charge >= 0.3 is 0 Å². The first-order chi connectivity index (χ1) is 14.1. The molecule has 0 amide bonds. The zero-order chi connectivity index (χ0) is 20.2. The van der Waals surface area contributed by atoms with E-state index in [4.69, 9.17) is 4.74 Å². The van der Waals surface area contributed by atoms with Crippen LogP contribution in [-0.4, -0.2) is 59.1 Å². The first kappa shape index (κ1) is 19.2. The second-order valence-electron chi connectivity index (χ2n) is 7.48. The number of ether oxygens (including phenoxy) is 1. The average Bonchev–Trinajstić information content (AvgIpc) is 2.94. The maximum atomic E-state index is 9.84. The Bertz CT molecular complexity index is 1030. The number of pyridine rings is 1. The van der Waals surface area contributed by atoms with Gasteiger partial charge in [0, 0.05) is 25.3 Å². The van der Waals surface area contributed by atoms with E-state index in [0.29, 0.717) is 23.0 Å². The third-order valence-electron chi connectivity index (χ3n) is 5.29. The topological polar surface area (TPSA) is 61.2 Å². The van der Waals surface area contributed by atoms with Gasteiger partial charge in [0.05, 0.1) is 5.56 Å². The predicted octanol–water partition coefficient (Wildman–Crippen LogP) is 4.11. The van der Waals surface area contributed by atoms with Gasteiger partial charge in [-0.1, -0.05) is 35.5 Å². The maximum absolute atomic E-state index is 9.84. The number of oxime groups is 1. The zero-order valence-corrected chi connectivity index (χ0v) is 16.9. The van der Waals surface area contributed by atoms with Crippen molar-refractivity contribution in [3.8, 4) is 11.6 Å². The first-order valence-electron chi connectivity index (χ1n) is 9.94. The van der Waals surface area contributed by atoms with Crippen molar-refractivity contribution in [3.05, 3.63) is 65.9 Å². The highest BCUT2D eigenvalue weighted by Gasteiger charge is 2.22. The summed E-state index contributed by atoms with van der Waals surface area (Å²) in [6, 6.07) is 18.0. The van der Waals surface area contributed by atoms with Crippen LogP contribution >= 0.6 is 0 Å². The van der Waals surface area contributed by atoms with Crippen molar-refractivity contribution in [3.63, 3.8) is 0 Å². The summed E-state index contributed by atoms with van der Waals surface area (Å²) in [7, 11) is 2.11. The SMILES string of the molecule is Cc1ccc(/C(=N/O)N2CCCN(C)CC2)c(Oc2ccc3ccccc3c2)n1. The molecule has 0 atom stereocenters. The van der Waals surface area contributed by atoms with Crippen molar-refractivity contribution in [2.75, 3.05) is 33.2 Å². The molecule has 2 aromatic carbocycles. The fourth-order valence-corrected chi connectivity index (χ4v) is 3.67. The van der Waals surface area contributed by atoms with Crippen LogP contribution in [0.2, 0.25) is 0 Å². The molecule has 1 aliphatic rings. The summed E-state index contributed by atoms with van der Waals surface area (Å²) in [4.78, 5) is 8.99. The molecule has 1 N–H and O–H groups in total. The summed E-state index contributed by atoms with van der Waals surface area (Å²) < 4.78 is 6.18. The second kappa shape index (κ2) is 8.49. The lowest BCUT2D eigenvalue weighted by atomic mass is 10.1. The van der Waals surface area contributed by atoms with Gasteiger partial charge in [-0.25, -0.2) is 4.98 Å². The summed E-state index contributed by atoms with van der Waals surface area (Å²) in [6.45, 7) is 5.49. The number of hydrogen-bond donors (Lipinski definition) is 1. The Hall–Kier alpha value is -3.12. The standard InChI is InChI=1S/C23H26N4O2/c1-17-8-11-21(22(25-28)27-13-5-12-26(2)14-15-27)23(24-17)29-20-10-9-18-6-3-4-7-19(18)16-20/h3-4,6-11,16,28H,5,12-15H2,1-2H3/b25-22-. The fourth-order valence-electron chi connectivity index (χ4n) is 3.67. The van der Waals surface area contributed by atoms with E-state index in [2.05, 4.69) is 39.1 Å². The predicted molar refractivity (Wildman–Crippen MR) is 115 cm³/mol. The van der Waals surface area contributed by atoms with Crippen LogP contribution in [0.5, 0.6) is 11.6 Å². The number of fused-ring (bicyclic) bond motifs is 1. The molecule has 1 aliphatic heterocycles. The lowest BCUT2D eigenvalue weighted by molar-refractivity contribution is 0.298. The molecule has 4 rings (SSSR count). The molecule has 29 heavy (non-hydrogen) atoms. The molecule has 0 aliphatic carbocycles. The number of aromatic nitrogens is 1. The number of benzene rings is 2. The molecule has 3 aromatic rings. The molecule has 1 saturated heterocycles. The summed E-state index contributed by atoms with van der Waals surface area (Å²) in [5, 5.41) is 15.7. The van der Waals surface area contributed by atoms with Gasteiger partial charge in [0.25, 0.3) is 0 Å². The smallest absolute Gasteiger partial charge is 0.230 e. The Morgan fingerprint density at radius 2 is 1.83 bits per heavy atom. The van der Waals surface area contributed by atoms with Gasteiger partial charge in [-0.15, -0.1) is 0 Å². The van der Waals surface area contributed by atoms with Crippen molar-refractivity contribution < 1.29 is 9.94 Å². The normalized spacial score (nSPS) is 16.1. The van der Waals surface area contributed by atoms with E-state index in [1.54, 1.807) is 0 Å². The highest BCUT2D eigenvalue weighted by molar-refractivity contribution is 6.00. The molecular formula is C23H26N4O2. The lowest BCUT2D eigenvalue weighted by Crippen LogP contribution is -2.35. The van der Waals surface area contributed by atoms with E-state index in [9.17, 15) is 5.21 Å². The number of aryl methyl sites for hydroxylation is 1. The summed E-state index contributed by atoms with van der Waals surface area (Å²) in [5.41, 5.74) is 1.54. The molecule has 0 radical (unpaired) electrons. The molecule has 1 aromatic heterocycles. The van der Waals surface area contributed by atoms with Crippen molar-refractivity contribution in [1.29, 1.82) is 0 Å². The van der Waals surface area contributed by atoms with Gasteiger partial charge in [-0.2, -0.15) is 0 Å². The third-order valence-corrected chi connectivity index (χ3v) is 5.29. The molecule has 2 heterocycles. The monoisotopic (exact) mass is 390 g/mol. The Kier molecular flexibility index (Phi) is 5.62. The third kappa shape index (κ3) is 4.32. The van der Waals surface area contributed by atoms with Crippen LogP contribution in [0.4, 0.5) is 0 Å². The minimum Gasteiger partial charge on any atom is -0.438 e. The fraction of sp³-hybridized carbons (Fsp3) is 0.304. The van der Waals surface area contributed by atoms with E-state index in [-0.39, 0.29) is 0 Å². The summed E-state index contributed by atoms with van der Waals surface area (Å²) in [5.74, 6) is 1.66. The zero-order valence-electron chi connectivity index (χ0n) is 16.9. The van der Waals surface area contributed by atoms with E-state index in [0.717, 1.165) is 49.1 Å². The van der Waals surface area contributed by atoms with Crippen LogP contribution in [0.1, 0.15) is 17.7 Å². The molecule has 6 nitrogen and oxygen atoms in total. The number of likely N-dealkylation sites (N-methyl/N-ethyl adjacent to an activating group) is 1. The summed E-state index contributed by atoms with van der Waals surface area (Å²) in [6.07, 6.45) is 1.01. The van der Waals surface area contributed by atoms with Gasteiger partial charge in [0.1, 0.15) is 5.75 Å². The molecular weight excluding hydrogens is 364 g/mol. The minimum absolute atomic E-state index is 0.450. The number of amidine groups is 1. The van der Waals surface area contributed by atoms with Crippen LogP contribution in [0.15, 0.2) is 59.8 Å². The van der Waals surface area contributed by atoms with Crippen molar-refractivity contribution in [2.24, 2.45) is 5.16 Å². The molecule has 150 valence electrons. The van der Waals surface area contributed by atoms with Crippen LogP contribution in [0.25, 0.3) is 10.8 Å². The molecule has 0 unspecified atom stereocenters. The van der Waals surface area contributed by atoms with Crippen molar-refractivity contribution in [2.45, 2.75) is 13.3 Å². The van der Waals surface area contributed by atoms with Gasteiger partial charge in [-0.05, 0) is 62.0 Å². The highest BCUT2D eigenvalue weighted by atomic mass is 16.5. The van der Waals surface area contributed by atoms with E-state index < -0.39 is 0 Å². The number of rotatable bonds is 3. The average molecular weight is 390 g/mol. The number of nitrogens with zero attached hydrogens (tertiary/aromatic N) is 4. The van der Waals surface area contributed by atoms with Crippen LogP contribution in [0.3, 0.4) is 0 Å². The lowest BCUT2D eigenvalue weighted by Gasteiger charge is -2.24. The van der Waals surface area contributed by atoms with Gasteiger partial charge in [0.2, 0.25) is 5.88 Å². The molecule has 0 spiro atoms. The van der Waals surface area contributed by atoms with Crippen LogP contribution < -0.4 is 4.74 Å². The molecule has 1 fully saturated rings. The number of hydrogen-bond acceptors (Lipinski definition) is 5. The first-order valence-corrected chi connectivity index (χ1v) is 9.94. The van der Waals surface area contributed by atoms with Gasteiger partial charge < -0.3 is 19.7 Å². The minimum atomic E-state index is 0.450. The van der Waals surface area contributed by atoms with E-state index in [1.807, 2.05) is 49.4 Å². The van der Waals surface area contributed by atoms with Crippen molar-refractivity contribution >= 4 is 16.6 Å². The quantitative estimate of drug-likeness (QED) is 0.316. The maximum Gasteiger partial charge on any atom is 0.230 e. The van der Waals surface area contributed by atoms with Gasteiger partial charge in [-0.3, -0.25) is 0 Å². The second-order valence-corrected chi connectivity index (χ2v) is 7.48. The largest absolute Gasteiger partial charge is 0.438 e. The van der Waals surface area contributed by atoms with E-state index >= 15 is 0 Å². The molecule has 6 heteroatoms. The van der Waals surface area contributed by atoms with Crippen LogP contribution in [-0.2, 0) is 0 Å². The Morgan fingerprint density at radius 3 is 2.66 bits per heavy atom. The van der Waals surface area contributed by atoms with E-state index in [1.165, 1.54) is 0 Å². The molecule has 0 saturated carbocycles. The summed E-state index contributed by atoms with van der Waals surface area (Å²) >= 11 is 0. The van der Waals surface area contributed by atoms with Crippen molar-refractivity contribution in [1.82, 2.24) is 14.8 Å². The van der Waals surface area contributed by atoms with Gasteiger partial charge in [0.15, 0.2) is 5.84 Å². The Morgan fingerprint density at radius 1 is 1.00 bits per heavy atom. The Labute approximate surface area is 171 Å². The molecule has 0 bridgehead atoms.